The number of hydrogen-bond acceptors (Lipinski definition) is 5. The summed E-state index contributed by atoms with van der Waals surface area (Å²) in [5.41, 5.74) is 1.02. The molecular weight excluding hydrogens is 288 g/mol. The minimum atomic E-state index is -0.889. The van der Waals surface area contributed by atoms with Gasteiger partial charge in [0, 0.05) is 18.2 Å². The summed E-state index contributed by atoms with van der Waals surface area (Å²) in [7, 11) is 1.24. The van der Waals surface area contributed by atoms with Gasteiger partial charge in [0.25, 0.3) is 0 Å². The van der Waals surface area contributed by atoms with Gasteiger partial charge in [-0.25, -0.2) is 4.79 Å². The van der Waals surface area contributed by atoms with Crippen LogP contribution in [0.5, 0.6) is 0 Å². The highest BCUT2D eigenvalue weighted by atomic mass is 32.2. The van der Waals surface area contributed by atoms with Gasteiger partial charge in [-0.15, -0.1) is 11.8 Å². The Morgan fingerprint density at radius 1 is 1.38 bits per heavy atom. The van der Waals surface area contributed by atoms with E-state index < -0.39 is 11.2 Å². The Morgan fingerprint density at radius 3 is 2.62 bits per heavy atom. The van der Waals surface area contributed by atoms with Gasteiger partial charge in [-0.3, -0.25) is 4.79 Å². The van der Waals surface area contributed by atoms with Crippen LogP contribution in [0, 0.1) is 17.2 Å². The third kappa shape index (κ3) is 5.88. The molecule has 0 spiro atoms. The average Bonchev–Trinajstić information content (AvgIpc) is 2.53. The maximum atomic E-state index is 11.9. The van der Waals surface area contributed by atoms with E-state index >= 15 is 0 Å². The summed E-state index contributed by atoms with van der Waals surface area (Å²) in [6, 6.07) is 11.5. The Balaban J connectivity index is 2.37. The van der Waals surface area contributed by atoms with E-state index in [4.69, 9.17) is 5.26 Å². The first kappa shape index (κ1) is 17.1. The number of thioether (sulfide) groups is 1. The Kier molecular flexibility index (Phi) is 7.33. The fraction of sp³-hybridized carbons (Fsp3) is 0.400. The summed E-state index contributed by atoms with van der Waals surface area (Å²) in [5, 5.41) is 10.8. The van der Waals surface area contributed by atoms with Crippen molar-refractivity contribution in [2.75, 3.05) is 12.9 Å². The van der Waals surface area contributed by atoms with Crippen molar-refractivity contribution in [3.05, 3.63) is 35.9 Å². The highest BCUT2D eigenvalue weighted by molar-refractivity contribution is 8.00. The Hall–Kier alpha value is -2.00. The average molecular weight is 306 g/mol. The second-order valence-corrected chi connectivity index (χ2v) is 5.61. The monoisotopic (exact) mass is 306 g/mol. The number of nitrogens with one attached hydrogen (secondary N) is 1. The van der Waals surface area contributed by atoms with E-state index in [0.29, 0.717) is 12.3 Å². The van der Waals surface area contributed by atoms with Gasteiger partial charge in [0.05, 0.1) is 13.2 Å². The number of ether oxygens (including phenoxy) is 1. The van der Waals surface area contributed by atoms with Crippen molar-refractivity contribution >= 4 is 23.6 Å². The summed E-state index contributed by atoms with van der Waals surface area (Å²) in [6.45, 7) is 2.23. The van der Waals surface area contributed by atoms with Crippen LogP contribution in [-0.4, -0.2) is 30.0 Å². The first-order valence-corrected chi connectivity index (χ1v) is 7.54. The maximum absolute atomic E-state index is 11.9. The lowest BCUT2D eigenvalue weighted by molar-refractivity contribution is -0.138. The summed E-state index contributed by atoms with van der Waals surface area (Å²) in [6.07, 6.45) is 0. The molecule has 0 saturated heterocycles. The third-order valence-electron chi connectivity index (χ3n) is 2.80. The molecule has 2 unspecified atom stereocenters. The van der Waals surface area contributed by atoms with Crippen molar-refractivity contribution in [2.24, 2.45) is 5.92 Å². The van der Waals surface area contributed by atoms with Crippen molar-refractivity contribution in [3.8, 4) is 6.07 Å². The minimum Gasteiger partial charge on any atom is -0.467 e. The number of carbonyl (C=O) groups excluding carboxylic acids is 2. The van der Waals surface area contributed by atoms with Crippen LogP contribution in [0.3, 0.4) is 0 Å². The lowest BCUT2D eigenvalue weighted by Gasteiger charge is -2.13. The Bertz CT molecular complexity index is 513. The van der Waals surface area contributed by atoms with Gasteiger partial charge in [0.1, 0.15) is 0 Å². The number of hydrogen-bond donors (Lipinski definition) is 1. The van der Waals surface area contributed by atoms with E-state index in [1.54, 1.807) is 6.92 Å². The van der Waals surface area contributed by atoms with Crippen LogP contribution in [0.25, 0.3) is 0 Å². The van der Waals surface area contributed by atoms with Gasteiger partial charge in [0.15, 0.2) is 5.25 Å². The zero-order valence-corrected chi connectivity index (χ0v) is 12.9. The van der Waals surface area contributed by atoms with Crippen LogP contribution in [-0.2, 0) is 20.9 Å². The summed E-state index contributed by atoms with van der Waals surface area (Å²) < 4.78 is 4.52. The molecule has 0 aliphatic heterocycles. The predicted molar refractivity (Wildman–Crippen MR) is 81.3 cm³/mol. The second kappa shape index (κ2) is 9.03. The molecule has 1 N–H and O–H groups in total. The van der Waals surface area contributed by atoms with Gasteiger partial charge < -0.3 is 10.1 Å². The van der Waals surface area contributed by atoms with E-state index in [0.717, 1.165) is 17.3 Å². The van der Waals surface area contributed by atoms with Crippen LogP contribution in [0.15, 0.2) is 30.3 Å². The number of rotatable bonds is 7. The van der Waals surface area contributed by atoms with E-state index in [9.17, 15) is 9.59 Å². The topological polar surface area (TPSA) is 79.2 Å². The van der Waals surface area contributed by atoms with Gasteiger partial charge in [-0.1, -0.05) is 37.3 Å². The molecule has 112 valence electrons. The molecule has 1 aromatic carbocycles. The number of nitriles is 1. The fourth-order valence-electron chi connectivity index (χ4n) is 1.54. The highest BCUT2D eigenvalue weighted by Gasteiger charge is 2.22. The first-order chi connectivity index (χ1) is 10.1. The summed E-state index contributed by atoms with van der Waals surface area (Å²) in [4.78, 5) is 23.2. The van der Waals surface area contributed by atoms with Crippen LogP contribution in [0.4, 0.5) is 0 Å². The van der Waals surface area contributed by atoms with Crippen LogP contribution in [0.1, 0.15) is 12.5 Å². The number of esters is 1. The molecule has 1 rings (SSSR count). The summed E-state index contributed by atoms with van der Waals surface area (Å²) >= 11 is 1.12. The standard InChI is InChI=1S/C15H18N2O3S/c1-11(10-21-13(8-16)15(19)20-2)14(18)17-9-12-6-4-3-5-7-12/h3-7,11,13H,9-10H2,1-2H3,(H,17,18). The fourth-order valence-corrected chi connectivity index (χ4v) is 2.48. The molecule has 0 aliphatic carbocycles. The van der Waals surface area contributed by atoms with Crippen molar-refractivity contribution < 1.29 is 14.3 Å². The smallest absolute Gasteiger partial charge is 0.333 e. The third-order valence-corrected chi connectivity index (χ3v) is 4.13. The van der Waals surface area contributed by atoms with Crippen molar-refractivity contribution in [3.63, 3.8) is 0 Å². The van der Waals surface area contributed by atoms with Gasteiger partial charge in [-0.2, -0.15) is 5.26 Å². The number of amides is 1. The first-order valence-electron chi connectivity index (χ1n) is 6.49. The van der Waals surface area contributed by atoms with Gasteiger partial charge in [-0.05, 0) is 5.56 Å². The molecule has 0 radical (unpaired) electrons. The van der Waals surface area contributed by atoms with Crippen molar-refractivity contribution in [1.82, 2.24) is 5.32 Å². The molecule has 0 aliphatic rings. The van der Waals surface area contributed by atoms with E-state index in [2.05, 4.69) is 10.1 Å². The van der Waals surface area contributed by atoms with Crippen molar-refractivity contribution in [2.45, 2.75) is 18.7 Å². The molecule has 0 saturated carbocycles. The largest absolute Gasteiger partial charge is 0.467 e. The van der Waals surface area contributed by atoms with Crippen LogP contribution >= 0.6 is 11.8 Å². The van der Waals surface area contributed by atoms with E-state index in [-0.39, 0.29) is 11.8 Å². The second-order valence-electron chi connectivity index (χ2n) is 4.47. The molecule has 2 atom stereocenters. The number of carbonyl (C=O) groups is 2. The van der Waals surface area contributed by atoms with Gasteiger partial charge >= 0.3 is 5.97 Å². The Labute approximate surface area is 128 Å². The molecule has 21 heavy (non-hydrogen) atoms. The maximum Gasteiger partial charge on any atom is 0.333 e. The molecule has 1 aromatic rings. The molecule has 1 amide bonds. The molecule has 6 heteroatoms. The SMILES string of the molecule is COC(=O)C(C#N)SCC(C)C(=O)NCc1ccccc1. The molecule has 5 nitrogen and oxygen atoms in total. The van der Waals surface area contributed by atoms with Crippen LogP contribution in [0.2, 0.25) is 0 Å². The zero-order valence-electron chi connectivity index (χ0n) is 12.0. The summed E-state index contributed by atoms with van der Waals surface area (Å²) in [5.74, 6) is -0.597. The molecule has 0 bridgehead atoms. The normalized spacial score (nSPS) is 12.8. The van der Waals surface area contributed by atoms with E-state index in [1.807, 2.05) is 36.4 Å². The number of nitrogens with zero attached hydrogens (tertiary/aromatic N) is 1. The molecule has 0 fully saturated rings. The minimum absolute atomic E-state index is 0.104. The molecular formula is C15H18N2O3S. The quantitative estimate of drug-likeness (QED) is 0.776. The lowest BCUT2D eigenvalue weighted by Crippen LogP contribution is -2.30. The lowest BCUT2D eigenvalue weighted by atomic mass is 10.2. The van der Waals surface area contributed by atoms with E-state index in [1.165, 1.54) is 7.11 Å². The molecule has 0 heterocycles. The highest BCUT2D eigenvalue weighted by Crippen LogP contribution is 2.16. The van der Waals surface area contributed by atoms with Gasteiger partial charge in [0.2, 0.25) is 5.91 Å². The zero-order chi connectivity index (χ0) is 15.7. The van der Waals surface area contributed by atoms with Crippen LogP contribution < -0.4 is 5.32 Å². The predicted octanol–water partition coefficient (Wildman–Crippen LogP) is 1.74. The number of methoxy groups -OCH3 is 1. The Morgan fingerprint density at radius 2 is 2.05 bits per heavy atom. The van der Waals surface area contributed by atoms with Crippen molar-refractivity contribution in [1.29, 1.82) is 5.26 Å². The number of benzene rings is 1. The molecule has 0 aromatic heterocycles.